The number of nitrogens with one attached hydrogen (secondary N) is 1. The van der Waals surface area contributed by atoms with Crippen LogP contribution in [0.3, 0.4) is 0 Å². The van der Waals surface area contributed by atoms with Gasteiger partial charge in [0.25, 0.3) is 5.91 Å². The van der Waals surface area contributed by atoms with Gasteiger partial charge >= 0.3 is 6.09 Å². The van der Waals surface area contributed by atoms with E-state index >= 15 is 0 Å². The van der Waals surface area contributed by atoms with E-state index in [-0.39, 0.29) is 23.7 Å². The average Bonchev–Trinajstić information content (AvgIpc) is 3.24. The second kappa shape index (κ2) is 12.8. The molecule has 1 aromatic heterocycles. The number of rotatable bonds is 9. The molecule has 0 bridgehead atoms. The summed E-state index contributed by atoms with van der Waals surface area (Å²) in [5.74, 6) is 1.16. The van der Waals surface area contributed by atoms with Gasteiger partial charge in [0.2, 0.25) is 0 Å². The maximum atomic E-state index is 12.7. The van der Waals surface area contributed by atoms with Crippen LogP contribution in [0, 0.1) is 5.92 Å². The van der Waals surface area contributed by atoms with Crippen molar-refractivity contribution in [2.24, 2.45) is 5.92 Å². The van der Waals surface area contributed by atoms with Crippen LogP contribution in [-0.4, -0.2) is 60.4 Å². The predicted octanol–water partition coefficient (Wildman–Crippen LogP) is 6.40. The quantitative estimate of drug-likeness (QED) is 0.240. The number of fused-ring (bicyclic) bond motifs is 1. The fourth-order valence-electron chi connectivity index (χ4n) is 4.03. The van der Waals surface area contributed by atoms with Crippen LogP contribution in [0.1, 0.15) is 32.9 Å². The molecule has 3 aromatic rings. The van der Waals surface area contributed by atoms with Gasteiger partial charge in [-0.15, -0.1) is 11.3 Å². The lowest BCUT2D eigenvalue weighted by molar-refractivity contribution is 0.0756. The van der Waals surface area contributed by atoms with Gasteiger partial charge in [0.15, 0.2) is 5.78 Å². The summed E-state index contributed by atoms with van der Waals surface area (Å²) < 4.78 is 6.37. The van der Waals surface area contributed by atoms with Crippen molar-refractivity contribution >= 4 is 74.2 Å². The number of halogens is 2. The van der Waals surface area contributed by atoms with Gasteiger partial charge in [-0.3, -0.25) is 9.59 Å². The lowest BCUT2D eigenvalue weighted by Crippen LogP contribution is -2.40. The van der Waals surface area contributed by atoms with E-state index in [9.17, 15) is 14.4 Å². The Morgan fingerprint density at radius 2 is 1.75 bits per heavy atom. The number of thioether (sulfide) groups is 1. The number of Topliss-reactive ketones (excluding diaryl/α,β-unsaturated/α-hetero) is 1. The van der Waals surface area contributed by atoms with Crippen molar-refractivity contribution < 1.29 is 19.1 Å². The molecule has 1 aliphatic rings. The van der Waals surface area contributed by atoms with Gasteiger partial charge in [-0.25, -0.2) is 4.79 Å². The number of hydrogen-bond acceptors (Lipinski definition) is 6. The first-order chi connectivity index (χ1) is 17.4. The van der Waals surface area contributed by atoms with E-state index < -0.39 is 0 Å². The topological polar surface area (TPSA) is 75.7 Å². The van der Waals surface area contributed by atoms with Crippen LogP contribution in [0.5, 0.6) is 0 Å². The van der Waals surface area contributed by atoms with Crippen molar-refractivity contribution in [3.05, 3.63) is 69.0 Å². The number of amides is 2. The van der Waals surface area contributed by atoms with Gasteiger partial charge in [0.05, 0.1) is 5.02 Å². The van der Waals surface area contributed by atoms with Gasteiger partial charge < -0.3 is 15.0 Å². The monoisotopic (exact) mass is 564 g/mol. The lowest BCUT2D eigenvalue weighted by atomic mass is 9.89. The molecule has 0 aliphatic carbocycles. The molecule has 0 unspecified atom stereocenters. The van der Waals surface area contributed by atoms with Crippen LogP contribution in [0.4, 0.5) is 4.79 Å². The molecule has 2 amide bonds. The zero-order chi connectivity index (χ0) is 25.5. The van der Waals surface area contributed by atoms with Crippen molar-refractivity contribution in [1.29, 1.82) is 0 Å². The molecule has 0 spiro atoms. The largest absolute Gasteiger partial charge is 0.449 e. The molecule has 10 heteroatoms. The standard InChI is InChI=1S/C26H26Cl2N2O4S2/c27-19-7-5-17(6-8-19)23(31)18-9-12-30(13-10-18)26(33)34-14-16-35-15-11-29-25(32)24-22(28)20-3-1-2-4-21(20)36-24/h1-8,18H,9-16H2,(H,29,32). The molecular formula is C26H26Cl2N2O4S2. The molecule has 2 aromatic carbocycles. The third kappa shape index (κ3) is 6.73. The van der Waals surface area contributed by atoms with Crippen molar-refractivity contribution in [2.45, 2.75) is 12.8 Å². The summed E-state index contributed by atoms with van der Waals surface area (Å²) in [6, 6.07) is 14.6. The Hall–Kier alpha value is -2.26. The molecule has 190 valence electrons. The number of hydrogen-bond donors (Lipinski definition) is 1. The Morgan fingerprint density at radius 3 is 2.47 bits per heavy atom. The fourth-order valence-corrected chi connectivity index (χ4v) is 6.24. The number of piperidine rings is 1. The Labute approximate surface area is 228 Å². The van der Waals surface area contributed by atoms with Crippen molar-refractivity contribution in [1.82, 2.24) is 10.2 Å². The van der Waals surface area contributed by atoms with Gasteiger partial charge in [0, 0.05) is 57.7 Å². The van der Waals surface area contributed by atoms with Gasteiger partial charge in [-0.05, 0) is 43.2 Å². The smallest absolute Gasteiger partial charge is 0.409 e. The van der Waals surface area contributed by atoms with Crippen molar-refractivity contribution in [3.63, 3.8) is 0 Å². The number of carbonyl (C=O) groups is 3. The molecule has 1 fully saturated rings. The summed E-state index contributed by atoms with van der Waals surface area (Å²) in [4.78, 5) is 39.6. The van der Waals surface area contributed by atoms with Gasteiger partial charge in [0.1, 0.15) is 11.5 Å². The Morgan fingerprint density at radius 1 is 1.03 bits per heavy atom. The molecule has 4 rings (SSSR count). The van der Waals surface area contributed by atoms with Crippen LogP contribution in [0.2, 0.25) is 10.0 Å². The predicted molar refractivity (Wildman–Crippen MR) is 148 cm³/mol. The number of thiophene rings is 1. The first kappa shape index (κ1) is 26.8. The van der Waals surface area contributed by atoms with Crippen LogP contribution in [0.15, 0.2) is 48.5 Å². The van der Waals surface area contributed by atoms with Crippen LogP contribution < -0.4 is 5.32 Å². The number of ketones is 1. The number of carbonyl (C=O) groups excluding carboxylic acids is 3. The maximum Gasteiger partial charge on any atom is 0.409 e. The highest BCUT2D eigenvalue weighted by atomic mass is 35.5. The van der Waals surface area contributed by atoms with Crippen LogP contribution in [-0.2, 0) is 4.74 Å². The third-order valence-corrected chi connectivity index (χ3v) is 8.85. The maximum absolute atomic E-state index is 12.7. The third-order valence-electron chi connectivity index (χ3n) is 5.98. The Kier molecular flexibility index (Phi) is 9.53. The summed E-state index contributed by atoms with van der Waals surface area (Å²) in [6.07, 6.45) is 0.893. The van der Waals surface area contributed by atoms with E-state index in [0.29, 0.717) is 71.1 Å². The summed E-state index contributed by atoms with van der Waals surface area (Å²) in [5.41, 5.74) is 0.653. The molecular weight excluding hydrogens is 539 g/mol. The minimum absolute atomic E-state index is 0.0940. The number of nitrogens with zero attached hydrogens (tertiary/aromatic N) is 1. The number of ether oxygens (including phenoxy) is 1. The highest BCUT2D eigenvalue weighted by Crippen LogP contribution is 2.35. The van der Waals surface area contributed by atoms with E-state index in [1.54, 1.807) is 40.9 Å². The zero-order valence-electron chi connectivity index (χ0n) is 19.5. The van der Waals surface area contributed by atoms with Crippen LogP contribution in [0.25, 0.3) is 10.1 Å². The second-order valence-corrected chi connectivity index (χ2v) is 11.4. The summed E-state index contributed by atoms with van der Waals surface area (Å²) >= 11 is 15.2. The summed E-state index contributed by atoms with van der Waals surface area (Å²) in [5, 5.41) is 4.88. The summed E-state index contributed by atoms with van der Waals surface area (Å²) in [6.45, 7) is 1.80. The highest BCUT2D eigenvalue weighted by molar-refractivity contribution is 7.99. The molecule has 2 heterocycles. The Balaban J connectivity index is 1.09. The summed E-state index contributed by atoms with van der Waals surface area (Å²) in [7, 11) is 0. The first-order valence-corrected chi connectivity index (χ1v) is 14.4. The van der Waals surface area contributed by atoms with Crippen molar-refractivity contribution in [2.75, 3.05) is 37.7 Å². The first-order valence-electron chi connectivity index (χ1n) is 11.7. The average molecular weight is 566 g/mol. The van der Waals surface area contributed by atoms with E-state index in [1.165, 1.54) is 11.3 Å². The SMILES string of the molecule is O=C(NCCSCCOC(=O)N1CCC(C(=O)c2ccc(Cl)cc2)CC1)c1sc2ccccc2c1Cl. The molecule has 0 saturated carbocycles. The minimum atomic E-state index is -0.347. The molecule has 1 saturated heterocycles. The molecule has 6 nitrogen and oxygen atoms in total. The molecule has 0 radical (unpaired) electrons. The van der Waals surface area contributed by atoms with E-state index in [1.807, 2.05) is 24.3 Å². The molecule has 36 heavy (non-hydrogen) atoms. The highest BCUT2D eigenvalue weighted by Gasteiger charge is 2.28. The second-order valence-electron chi connectivity index (χ2n) is 8.36. The van der Waals surface area contributed by atoms with Crippen LogP contribution >= 0.6 is 46.3 Å². The van der Waals surface area contributed by atoms with E-state index in [2.05, 4.69) is 5.32 Å². The normalized spacial score (nSPS) is 14.1. The zero-order valence-corrected chi connectivity index (χ0v) is 22.7. The molecule has 1 N–H and O–H groups in total. The van der Waals surface area contributed by atoms with Gasteiger partial charge in [-0.1, -0.05) is 41.4 Å². The lowest BCUT2D eigenvalue weighted by Gasteiger charge is -2.30. The van der Waals surface area contributed by atoms with Gasteiger partial charge in [-0.2, -0.15) is 11.8 Å². The molecule has 1 aliphatic heterocycles. The fraction of sp³-hybridized carbons (Fsp3) is 0.346. The van der Waals surface area contributed by atoms with E-state index in [4.69, 9.17) is 27.9 Å². The molecule has 0 atom stereocenters. The van der Waals surface area contributed by atoms with Crippen molar-refractivity contribution in [3.8, 4) is 0 Å². The number of benzene rings is 2. The van der Waals surface area contributed by atoms with E-state index in [0.717, 1.165) is 10.1 Å². The minimum Gasteiger partial charge on any atom is -0.449 e. The Bertz CT molecular complexity index is 1220. The number of likely N-dealkylation sites (tertiary alicyclic amines) is 1.